The Morgan fingerprint density at radius 1 is 1.28 bits per heavy atom. The van der Waals surface area contributed by atoms with Gasteiger partial charge in [-0.25, -0.2) is 0 Å². The smallest absolute Gasteiger partial charge is 0.170 e. The lowest BCUT2D eigenvalue weighted by atomic mass is 10.3. The molecule has 2 aromatic rings. The number of hydrogen-bond donors (Lipinski definition) is 1. The van der Waals surface area contributed by atoms with Crippen molar-refractivity contribution in [2.75, 3.05) is 19.7 Å². The van der Waals surface area contributed by atoms with Gasteiger partial charge in [0.05, 0.1) is 18.8 Å². The van der Waals surface area contributed by atoms with E-state index in [1.807, 2.05) is 37.3 Å². The first-order valence-corrected chi connectivity index (χ1v) is 6.01. The second-order valence-corrected chi connectivity index (χ2v) is 3.93. The molecule has 6 nitrogen and oxygen atoms in total. The lowest BCUT2D eigenvalue weighted by Gasteiger charge is -2.18. The number of rotatable bonds is 6. The summed E-state index contributed by atoms with van der Waals surface area (Å²) in [6, 6.07) is 9.78. The van der Waals surface area contributed by atoms with Gasteiger partial charge in [-0.05, 0) is 29.1 Å². The Kier molecular flexibility index (Phi) is 4.38. The fourth-order valence-corrected chi connectivity index (χ4v) is 1.76. The Hall–Kier alpha value is -1.79. The summed E-state index contributed by atoms with van der Waals surface area (Å²) in [5, 5.41) is 20.7. The predicted molar refractivity (Wildman–Crippen MR) is 67.2 cm³/mol. The van der Waals surface area contributed by atoms with Gasteiger partial charge in [0.2, 0.25) is 0 Å². The Bertz CT molecular complexity index is 470. The van der Waals surface area contributed by atoms with Crippen LogP contribution in [0.5, 0.6) is 0 Å². The predicted octanol–water partition coefficient (Wildman–Crippen LogP) is 0.476. The van der Waals surface area contributed by atoms with Crippen molar-refractivity contribution >= 4 is 0 Å². The molecule has 0 fully saturated rings. The molecule has 2 rings (SSSR count). The van der Waals surface area contributed by atoms with E-state index in [-0.39, 0.29) is 6.61 Å². The van der Waals surface area contributed by atoms with Crippen LogP contribution in [0.3, 0.4) is 0 Å². The van der Waals surface area contributed by atoms with Gasteiger partial charge >= 0.3 is 0 Å². The highest BCUT2D eigenvalue weighted by Crippen LogP contribution is 2.08. The number of aromatic nitrogens is 4. The number of likely N-dealkylation sites (N-methyl/N-ethyl adjacent to an activating group) is 1. The van der Waals surface area contributed by atoms with E-state index in [1.165, 1.54) is 0 Å². The van der Waals surface area contributed by atoms with Gasteiger partial charge in [0.15, 0.2) is 5.82 Å². The third-order valence-corrected chi connectivity index (χ3v) is 2.76. The third kappa shape index (κ3) is 2.91. The molecule has 0 radical (unpaired) electrons. The van der Waals surface area contributed by atoms with Gasteiger partial charge in [-0.15, -0.1) is 5.10 Å². The SMILES string of the molecule is CCN(CCO)Cc1nnnn1-c1ccccc1. The number of aliphatic hydroxyl groups is 1. The minimum Gasteiger partial charge on any atom is -0.395 e. The molecule has 0 bridgehead atoms. The largest absolute Gasteiger partial charge is 0.395 e. The number of tetrazole rings is 1. The minimum atomic E-state index is 0.140. The number of para-hydroxylation sites is 1. The molecular formula is C12H17N5O. The maximum Gasteiger partial charge on any atom is 0.170 e. The van der Waals surface area contributed by atoms with Gasteiger partial charge in [0, 0.05) is 6.54 Å². The molecule has 0 amide bonds. The van der Waals surface area contributed by atoms with Gasteiger partial charge in [0.1, 0.15) is 0 Å². The van der Waals surface area contributed by atoms with Crippen molar-refractivity contribution in [3.63, 3.8) is 0 Å². The summed E-state index contributed by atoms with van der Waals surface area (Å²) in [4.78, 5) is 2.09. The van der Waals surface area contributed by atoms with Crippen LogP contribution in [0.25, 0.3) is 5.69 Å². The summed E-state index contributed by atoms with van der Waals surface area (Å²) < 4.78 is 1.72. The van der Waals surface area contributed by atoms with E-state index in [2.05, 4.69) is 20.4 Å². The van der Waals surface area contributed by atoms with Crippen LogP contribution < -0.4 is 0 Å². The molecule has 1 N–H and O–H groups in total. The highest BCUT2D eigenvalue weighted by atomic mass is 16.3. The van der Waals surface area contributed by atoms with Crippen molar-refractivity contribution in [3.8, 4) is 5.69 Å². The van der Waals surface area contributed by atoms with Gasteiger partial charge < -0.3 is 5.11 Å². The fraction of sp³-hybridized carbons (Fsp3) is 0.417. The average molecular weight is 247 g/mol. The maximum atomic E-state index is 8.98. The number of aliphatic hydroxyl groups excluding tert-OH is 1. The minimum absolute atomic E-state index is 0.140. The topological polar surface area (TPSA) is 67.1 Å². The third-order valence-electron chi connectivity index (χ3n) is 2.76. The Morgan fingerprint density at radius 2 is 2.06 bits per heavy atom. The van der Waals surface area contributed by atoms with Crippen molar-refractivity contribution in [2.24, 2.45) is 0 Å². The van der Waals surface area contributed by atoms with Crippen molar-refractivity contribution in [3.05, 3.63) is 36.2 Å². The second kappa shape index (κ2) is 6.23. The van der Waals surface area contributed by atoms with E-state index < -0.39 is 0 Å². The first kappa shape index (κ1) is 12.7. The van der Waals surface area contributed by atoms with E-state index in [0.29, 0.717) is 13.1 Å². The molecule has 1 heterocycles. The molecule has 1 aromatic heterocycles. The van der Waals surface area contributed by atoms with Gasteiger partial charge in [-0.2, -0.15) is 4.68 Å². The van der Waals surface area contributed by atoms with E-state index in [1.54, 1.807) is 4.68 Å². The molecule has 0 saturated heterocycles. The zero-order chi connectivity index (χ0) is 12.8. The summed E-state index contributed by atoms with van der Waals surface area (Å²) in [7, 11) is 0. The molecule has 0 aliphatic heterocycles. The lowest BCUT2D eigenvalue weighted by Crippen LogP contribution is -2.27. The fourth-order valence-electron chi connectivity index (χ4n) is 1.76. The molecule has 0 aliphatic carbocycles. The molecule has 96 valence electrons. The molecule has 6 heteroatoms. The standard InChI is InChI=1S/C12H17N5O/c1-2-16(8-9-18)10-12-13-14-15-17(12)11-6-4-3-5-7-11/h3-7,18H,2,8-10H2,1H3. The number of hydrogen-bond acceptors (Lipinski definition) is 5. The molecule has 0 saturated carbocycles. The van der Waals surface area contributed by atoms with Crippen LogP contribution >= 0.6 is 0 Å². The molecule has 18 heavy (non-hydrogen) atoms. The van der Waals surface area contributed by atoms with E-state index in [0.717, 1.165) is 18.1 Å². The average Bonchev–Trinajstić information content (AvgIpc) is 2.87. The summed E-state index contributed by atoms with van der Waals surface area (Å²) in [6.07, 6.45) is 0. The number of nitrogens with zero attached hydrogens (tertiary/aromatic N) is 5. The first-order chi connectivity index (χ1) is 8.85. The van der Waals surface area contributed by atoms with Gasteiger partial charge in [-0.1, -0.05) is 25.1 Å². The van der Waals surface area contributed by atoms with Crippen molar-refractivity contribution in [1.82, 2.24) is 25.1 Å². The summed E-state index contributed by atoms with van der Waals surface area (Å²) in [6.45, 7) is 4.28. The molecule has 0 aliphatic rings. The second-order valence-electron chi connectivity index (χ2n) is 3.93. The quantitative estimate of drug-likeness (QED) is 0.804. The summed E-state index contributed by atoms with van der Waals surface area (Å²) in [5.41, 5.74) is 0.942. The molecule has 0 unspecified atom stereocenters. The van der Waals surface area contributed by atoms with Crippen molar-refractivity contribution in [2.45, 2.75) is 13.5 Å². The van der Waals surface area contributed by atoms with Crippen LogP contribution in [-0.2, 0) is 6.54 Å². The highest BCUT2D eigenvalue weighted by Gasteiger charge is 2.11. The van der Waals surface area contributed by atoms with Crippen LogP contribution in [-0.4, -0.2) is 49.9 Å². The van der Waals surface area contributed by atoms with E-state index in [4.69, 9.17) is 5.11 Å². The van der Waals surface area contributed by atoms with Crippen LogP contribution in [0.15, 0.2) is 30.3 Å². The van der Waals surface area contributed by atoms with Crippen LogP contribution in [0.4, 0.5) is 0 Å². The highest BCUT2D eigenvalue weighted by molar-refractivity contribution is 5.30. The van der Waals surface area contributed by atoms with Gasteiger partial charge in [0.25, 0.3) is 0 Å². The maximum absolute atomic E-state index is 8.98. The van der Waals surface area contributed by atoms with Crippen LogP contribution in [0.1, 0.15) is 12.7 Å². The van der Waals surface area contributed by atoms with Crippen molar-refractivity contribution < 1.29 is 5.11 Å². The Labute approximate surface area is 106 Å². The summed E-state index contributed by atoms with van der Waals surface area (Å²) >= 11 is 0. The lowest BCUT2D eigenvalue weighted by molar-refractivity contribution is 0.193. The monoisotopic (exact) mass is 247 g/mol. The van der Waals surface area contributed by atoms with Crippen molar-refractivity contribution in [1.29, 1.82) is 0 Å². The van der Waals surface area contributed by atoms with Crippen LogP contribution in [0.2, 0.25) is 0 Å². The molecular weight excluding hydrogens is 230 g/mol. The van der Waals surface area contributed by atoms with Crippen LogP contribution in [0, 0.1) is 0 Å². The molecule has 1 aromatic carbocycles. The normalized spacial score (nSPS) is 11.1. The zero-order valence-corrected chi connectivity index (χ0v) is 10.4. The Balaban J connectivity index is 2.18. The van der Waals surface area contributed by atoms with E-state index in [9.17, 15) is 0 Å². The number of benzene rings is 1. The zero-order valence-electron chi connectivity index (χ0n) is 10.4. The first-order valence-electron chi connectivity index (χ1n) is 6.01. The van der Waals surface area contributed by atoms with Gasteiger partial charge in [-0.3, -0.25) is 4.90 Å². The van der Waals surface area contributed by atoms with E-state index >= 15 is 0 Å². The molecule has 0 spiro atoms. The molecule has 0 atom stereocenters. The summed E-state index contributed by atoms with van der Waals surface area (Å²) in [5.74, 6) is 0.775. The Morgan fingerprint density at radius 3 is 2.72 bits per heavy atom.